The van der Waals surface area contributed by atoms with Gasteiger partial charge in [0.2, 0.25) is 0 Å². The van der Waals surface area contributed by atoms with Gasteiger partial charge < -0.3 is 10.4 Å². The molecule has 1 unspecified atom stereocenters. The summed E-state index contributed by atoms with van der Waals surface area (Å²) in [4.78, 5) is 0. The lowest BCUT2D eigenvalue weighted by Crippen LogP contribution is -2.33. The Kier molecular flexibility index (Phi) is 3.18. The third kappa shape index (κ3) is 2.26. The molecular weight excluding hydrogens is 222 g/mol. The van der Waals surface area contributed by atoms with E-state index in [1.165, 1.54) is 18.4 Å². The molecule has 0 radical (unpaired) electrons. The van der Waals surface area contributed by atoms with Crippen LogP contribution in [-0.4, -0.2) is 11.7 Å². The van der Waals surface area contributed by atoms with Crippen LogP contribution in [0.3, 0.4) is 0 Å². The number of nitrogens with one attached hydrogen (secondary N) is 1. The molecule has 1 heterocycles. The quantitative estimate of drug-likeness (QED) is 0.794. The minimum absolute atomic E-state index is 0.0280. The van der Waals surface area contributed by atoms with Gasteiger partial charge >= 0.3 is 0 Å². The largest absolute Gasteiger partial charge is 0.507 e. The number of aromatic hydroxyl groups is 1. The molecule has 1 aliphatic rings. The summed E-state index contributed by atoms with van der Waals surface area (Å²) < 4.78 is 0. The van der Waals surface area contributed by atoms with Crippen molar-refractivity contribution in [3.8, 4) is 5.75 Å². The van der Waals surface area contributed by atoms with Crippen molar-refractivity contribution < 1.29 is 5.11 Å². The van der Waals surface area contributed by atoms with Crippen molar-refractivity contribution in [2.24, 2.45) is 0 Å². The van der Waals surface area contributed by atoms with E-state index in [1.807, 2.05) is 6.92 Å². The zero-order valence-electron chi connectivity index (χ0n) is 12.2. The Morgan fingerprint density at radius 1 is 1.28 bits per heavy atom. The maximum Gasteiger partial charge on any atom is 0.122 e. The highest BCUT2D eigenvalue weighted by atomic mass is 16.3. The van der Waals surface area contributed by atoms with Crippen LogP contribution in [0.25, 0.3) is 0 Å². The maximum absolute atomic E-state index is 10.3. The van der Waals surface area contributed by atoms with E-state index in [0.717, 1.165) is 17.7 Å². The Morgan fingerprint density at radius 3 is 2.44 bits per heavy atom. The zero-order valence-corrected chi connectivity index (χ0v) is 12.2. The van der Waals surface area contributed by atoms with Gasteiger partial charge in [0.1, 0.15) is 5.75 Å². The smallest absolute Gasteiger partial charge is 0.122 e. The van der Waals surface area contributed by atoms with E-state index < -0.39 is 0 Å². The molecule has 0 amide bonds. The summed E-state index contributed by atoms with van der Waals surface area (Å²) in [5, 5.41) is 13.9. The Hall–Kier alpha value is -1.02. The Morgan fingerprint density at radius 2 is 1.94 bits per heavy atom. The molecular formula is C16H25NO. The minimum Gasteiger partial charge on any atom is -0.507 e. The van der Waals surface area contributed by atoms with Gasteiger partial charge in [-0.2, -0.15) is 0 Å². The number of rotatable bonds is 1. The molecule has 0 saturated carbocycles. The first-order valence-electron chi connectivity index (χ1n) is 6.84. The van der Waals surface area contributed by atoms with Crippen LogP contribution in [-0.2, 0) is 11.0 Å². The third-order valence-corrected chi connectivity index (χ3v) is 4.11. The molecule has 0 bridgehead atoms. The number of benzene rings is 1. The number of phenols is 1. The van der Waals surface area contributed by atoms with Gasteiger partial charge in [-0.1, -0.05) is 26.8 Å². The average Bonchev–Trinajstić information content (AvgIpc) is 2.68. The topological polar surface area (TPSA) is 32.3 Å². The molecule has 0 aliphatic carbocycles. The molecule has 1 fully saturated rings. The fourth-order valence-electron chi connectivity index (χ4n) is 2.81. The number of phenolic OH excluding ortho intramolecular Hbond substituents is 1. The highest BCUT2D eigenvalue weighted by Crippen LogP contribution is 2.39. The maximum atomic E-state index is 10.3. The molecule has 0 aromatic heterocycles. The summed E-state index contributed by atoms with van der Waals surface area (Å²) in [7, 11) is 0. The Balaban J connectivity index is 2.54. The summed E-state index contributed by atoms with van der Waals surface area (Å²) in [5.74, 6) is 0.452. The lowest BCUT2D eigenvalue weighted by molar-refractivity contribution is 0.421. The number of aryl methyl sites for hydroxylation is 1. The van der Waals surface area contributed by atoms with Gasteiger partial charge in [0.15, 0.2) is 0 Å². The molecule has 2 heteroatoms. The van der Waals surface area contributed by atoms with E-state index in [9.17, 15) is 5.11 Å². The van der Waals surface area contributed by atoms with Crippen molar-refractivity contribution in [1.29, 1.82) is 0 Å². The fourth-order valence-corrected chi connectivity index (χ4v) is 2.81. The second-order valence-corrected chi connectivity index (χ2v) is 6.80. The molecule has 1 atom stereocenters. The summed E-state index contributed by atoms with van der Waals surface area (Å²) in [6, 6.07) is 4.31. The molecule has 1 aliphatic heterocycles. The third-order valence-electron chi connectivity index (χ3n) is 4.11. The second kappa shape index (κ2) is 4.27. The predicted octanol–water partition coefficient (Wildman–Crippen LogP) is 3.60. The van der Waals surface area contributed by atoms with Crippen LogP contribution in [0.15, 0.2) is 12.1 Å². The molecule has 1 aromatic carbocycles. The fraction of sp³-hybridized carbons (Fsp3) is 0.625. The van der Waals surface area contributed by atoms with Gasteiger partial charge in [0.25, 0.3) is 0 Å². The van der Waals surface area contributed by atoms with Crippen molar-refractivity contribution in [2.45, 2.75) is 58.4 Å². The van der Waals surface area contributed by atoms with Crippen LogP contribution < -0.4 is 5.32 Å². The first-order valence-corrected chi connectivity index (χ1v) is 6.84. The zero-order chi connectivity index (χ0) is 13.6. The summed E-state index contributed by atoms with van der Waals surface area (Å²) in [6.45, 7) is 11.8. The summed E-state index contributed by atoms with van der Waals surface area (Å²) >= 11 is 0. The Bertz CT molecular complexity index is 451. The molecule has 0 spiro atoms. The normalized spacial score (nSPS) is 24.5. The van der Waals surface area contributed by atoms with Crippen molar-refractivity contribution >= 4 is 0 Å². The van der Waals surface area contributed by atoms with Crippen molar-refractivity contribution in [2.75, 3.05) is 6.54 Å². The standard InChI is InChI=1S/C16H25NO/c1-11-9-12(16(5)7-6-8-17-16)10-13(14(11)18)15(2,3)4/h9-10,17-18H,6-8H2,1-5H3. The predicted molar refractivity (Wildman–Crippen MR) is 76.1 cm³/mol. The average molecular weight is 247 g/mol. The van der Waals surface area contributed by atoms with Gasteiger partial charge in [-0.3, -0.25) is 0 Å². The summed E-state index contributed by atoms with van der Waals surface area (Å²) in [6.07, 6.45) is 2.39. The molecule has 18 heavy (non-hydrogen) atoms. The molecule has 2 N–H and O–H groups in total. The lowest BCUT2D eigenvalue weighted by atomic mass is 9.80. The van der Waals surface area contributed by atoms with Crippen LogP contribution >= 0.6 is 0 Å². The van der Waals surface area contributed by atoms with E-state index in [0.29, 0.717) is 5.75 Å². The van der Waals surface area contributed by atoms with Gasteiger partial charge in [0, 0.05) is 5.54 Å². The molecule has 2 nitrogen and oxygen atoms in total. The molecule has 1 aromatic rings. The second-order valence-electron chi connectivity index (χ2n) is 6.80. The van der Waals surface area contributed by atoms with Crippen LogP contribution in [0.5, 0.6) is 5.75 Å². The first kappa shape index (κ1) is 13.4. The van der Waals surface area contributed by atoms with E-state index in [4.69, 9.17) is 0 Å². The van der Waals surface area contributed by atoms with Crippen LogP contribution in [0.1, 0.15) is 57.2 Å². The van der Waals surface area contributed by atoms with Gasteiger partial charge in [-0.25, -0.2) is 0 Å². The Labute approximate surface area is 110 Å². The van der Waals surface area contributed by atoms with Gasteiger partial charge in [0.05, 0.1) is 0 Å². The monoisotopic (exact) mass is 247 g/mol. The summed E-state index contributed by atoms with van der Waals surface area (Å²) in [5.41, 5.74) is 3.37. The highest BCUT2D eigenvalue weighted by Gasteiger charge is 2.32. The van der Waals surface area contributed by atoms with E-state index in [2.05, 4.69) is 45.1 Å². The van der Waals surface area contributed by atoms with Crippen LogP contribution in [0, 0.1) is 6.92 Å². The first-order chi connectivity index (χ1) is 8.24. The van der Waals surface area contributed by atoms with E-state index in [1.54, 1.807) is 0 Å². The van der Waals surface area contributed by atoms with Crippen molar-refractivity contribution in [3.05, 3.63) is 28.8 Å². The molecule has 100 valence electrons. The number of hydrogen-bond acceptors (Lipinski definition) is 2. The van der Waals surface area contributed by atoms with E-state index >= 15 is 0 Å². The highest BCUT2D eigenvalue weighted by molar-refractivity contribution is 5.48. The van der Waals surface area contributed by atoms with Crippen molar-refractivity contribution in [1.82, 2.24) is 5.32 Å². The van der Waals surface area contributed by atoms with Crippen LogP contribution in [0.4, 0.5) is 0 Å². The molecule has 1 saturated heterocycles. The lowest BCUT2D eigenvalue weighted by Gasteiger charge is -2.29. The van der Waals surface area contributed by atoms with Crippen molar-refractivity contribution in [3.63, 3.8) is 0 Å². The van der Waals surface area contributed by atoms with Gasteiger partial charge in [-0.05, 0) is 61.4 Å². The number of hydrogen-bond donors (Lipinski definition) is 2. The minimum atomic E-state index is -0.0280. The van der Waals surface area contributed by atoms with Crippen LogP contribution in [0.2, 0.25) is 0 Å². The SMILES string of the molecule is Cc1cc(C2(C)CCCN2)cc(C(C)(C)C)c1O. The van der Waals surface area contributed by atoms with Gasteiger partial charge in [-0.15, -0.1) is 0 Å². The van der Waals surface area contributed by atoms with E-state index in [-0.39, 0.29) is 11.0 Å². The molecule has 2 rings (SSSR count).